The Bertz CT molecular complexity index is 1430. The SMILES string of the molecule is CC(=O)N1CCC(CC(=O)N2CC(COc3cc(-n4c(C(F)F)nc5ccccc54)nc(N4CCOCC4)n3)C2)CC1. The molecule has 0 radical (unpaired) electrons. The number of ether oxygens (including phenoxy) is 2. The lowest BCUT2D eigenvalue weighted by atomic mass is 9.91. The first kappa shape index (κ1) is 28.3. The monoisotopic (exact) mass is 583 g/mol. The summed E-state index contributed by atoms with van der Waals surface area (Å²) in [5.74, 6) is 1.19. The fraction of sp³-hybridized carbons (Fsp3) is 0.552. The van der Waals surface area contributed by atoms with Gasteiger partial charge in [-0.3, -0.25) is 14.2 Å². The number of morpholine rings is 1. The molecular formula is C29H35F2N7O4. The molecule has 3 aliphatic heterocycles. The number of hydrogen-bond donors (Lipinski definition) is 0. The minimum atomic E-state index is -2.80. The van der Waals surface area contributed by atoms with Crippen molar-refractivity contribution in [3.63, 3.8) is 0 Å². The molecule has 13 heteroatoms. The van der Waals surface area contributed by atoms with Gasteiger partial charge >= 0.3 is 0 Å². The molecule has 0 saturated carbocycles. The number of nitrogens with zero attached hydrogens (tertiary/aromatic N) is 7. The number of benzene rings is 1. The summed E-state index contributed by atoms with van der Waals surface area (Å²) in [6.07, 6.45) is -0.592. The van der Waals surface area contributed by atoms with Gasteiger partial charge in [0.1, 0.15) is 5.82 Å². The van der Waals surface area contributed by atoms with Crippen LogP contribution in [-0.4, -0.2) is 100 Å². The fourth-order valence-electron chi connectivity index (χ4n) is 5.84. The Balaban J connectivity index is 1.13. The zero-order valence-electron chi connectivity index (χ0n) is 23.6. The number of carbonyl (C=O) groups excluding carboxylic acids is 2. The van der Waals surface area contributed by atoms with Gasteiger partial charge in [0.05, 0.1) is 30.9 Å². The van der Waals surface area contributed by atoms with E-state index in [1.54, 1.807) is 37.3 Å². The van der Waals surface area contributed by atoms with E-state index in [1.807, 2.05) is 14.7 Å². The van der Waals surface area contributed by atoms with E-state index in [2.05, 4.69) is 15.0 Å². The van der Waals surface area contributed by atoms with Crippen molar-refractivity contribution in [2.24, 2.45) is 11.8 Å². The van der Waals surface area contributed by atoms with Crippen molar-refractivity contribution in [2.45, 2.75) is 32.6 Å². The lowest BCUT2D eigenvalue weighted by Crippen LogP contribution is -2.52. The normalized spacial score (nSPS) is 18.5. The summed E-state index contributed by atoms with van der Waals surface area (Å²) in [5.41, 5.74) is 0.968. The summed E-state index contributed by atoms with van der Waals surface area (Å²) < 4.78 is 41.1. The second-order valence-electron chi connectivity index (χ2n) is 11.2. The highest BCUT2D eigenvalue weighted by atomic mass is 19.3. The Kier molecular flexibility index (Phi) is 8.18. The predicted molar refractivity (Wildman–Crippen MR) is 150 cm³/mol. The summed E-state index contributed by atoms with van der Waals surface area (Å²) in [7, 11) is 0. The maximum Gasteiger partial charge on any atom is 0.296 e. The zero-order chi connectivity index (χ0) is 29.2. The van der Waals surface area contributed by atoms with E-state index < -0.39 is 12.2 Å². The molecule has 6 rings (SSSR count). The third-order valence-electron chi connectivity index (χ3n) is 8.28. The number of fused-ring (bicyclic) bond motifs is 1. The van der Waals surface area contributed by atoms with E-state index >= 15 is 0 Å². The van der Waals surface area contributed by atoms with Crippen LogP contribution in [0.5, 0.6) is 5.88 Å². The number of likely N-dealkylation sites (tertiary alicyclic amines) is 2. The maximum absolute atomic E-state index is 14.1. The van der Waals surface area contributed by atoms with Crippen LogP contribution in [0.4, 0.5) is 14.7 Å². The van der Waals surface area contributed by atoms with Crippen LogP contribution in [0, 0.1) is 11.8 Å². The van der Waals surface area contributed by atoms with Crippen molar-refractivity contribution in [1.82, 2.24) is 29.3 Å². The van der Waals surface area contributed by atoms with E-state index in [1.165, 1.54) is 4.57 Å². The summed E-state index contributed by atoms with van der Waals surface area (Å²) in [5, 5.41) is 0. The van der Waals surface area contributed by atoms with Crippen LogP contribution in [-0.2, 0) is 14.3 Å². The maximum atomic E-state index is 14.1. The van der Waals surface area contributed by atoms with Crippen LogP contribution < -0.4 is 9.64 Å². The van der Waals surface area contributed by atoms with Gasteiger partial charge in [0.25, 0.3) is 6.43 Å². The van der Waals surface area contributed by atoms with Crippen LogP contribution in [0.2, 0.25) is 0 Å². The average molecular weight is 584 g/mol. The van der Waals surface area contributed by atoms with E-state index in [9.17, 15) is 18.4 Å². The van der Waals surface area contributed by atoms with Crippen molar-refractivity contribution in [1.29, 1.82) is 0 Å². The van der Waals surface area contributed by atoms with Gasteiger partial charge in [-0.1, -0.05) is 12.1 Å². The number of aromatic nitrogens is 4. The summed E-state index contributed by atoms with van der Waals surface area (Å²) in [4.78, 5) is 43.4. The number of rotatable bonds is 8. The predicted octanol–water partition coefficient (Wildman–Crippen LogP) is 3.08. The first-order valence-corrected chi connectivity index (χ1v) is 14.5. The smallest absolute Gasteiger partial charge is 0.296 e. The number of hydrogen-bond acceptors (Lipinski definition) is 8. The van der Waals surface area contributed by atoms with Gasteiger partial charge in [-0.2, -0.15) is 9.97 Å². The lowest BCUT2D eigenvalue weighted by molar-refractivity contribution is -0.139. The van der Waals surface area contributed by atoms with Gasteiger partial charge in [-0.15, -0.1) is 0 Å². The van der Waals surface area contributed by atoms with Gasteiger partial charge in [-0.25, -0.2) is 13.8 Å². The molecule has 42 heavy (non-hydrogen) atoms. The fourth-order valence-corrected chi connectivity index (χ4v) is 5.84. The largest absolute Gasteiger partial charge is 0.477 e. The molecule has 2 aromatic heterocycles. The van der Waals surface area contributed by atoms with Crippen molar-refractivity contribution in [3.05, 3.63) is 36.2 Å². The second kappa shape index (κ2) is 12.2. The van der Waals surface area contributed by atoms with Crippen molar-refractivity contribution in [2.75, 3.05) is 64.0 Å². The first-order chi connectivity index (χ1) is 20.4. The minimum absolute atomic E-state index is 0.0890. The Labute approximate surface area is 242 Å². The third kappa shape index (κ3) is 6.01. The summed E-state index contributed by atoms with van der Waals surface area (Å²) >= 11 is 0. The third-order valence-corrected chi connectivity index (χ3v) is 8.28. The summed E-state index contributed by atoms with van der Waals surface area (Å²) in [6, 6.07) is 8.52. The van der Waals surface area contributed by atoms with Gasteiger partial charge < -0.3 is 24.2 Å². The van der Waals surface area contributed by atoms with E-state index in [0.29, 0.717) is 88.4 Å². The van der Waals surface area contributed by atoms with Crippen LogP contribution >= 0.6 is 0 Å². The Hall–Kier alpha value is -3.87. The van der Waals surface area contributed by atoms with Crippen molar-refractivity contribution in [3.8, 4) is 11.7 Å². The first-order valence-electron chi connectivity index (χ1n) is 14.5. The molecule has 11 nitrogen and oxygen atoms in total. The number of piperidine rings is 1. The zero-order valence-corrected chi connectivity index (χ0v) is 23.6. The molecule has 0 N–H and O–H groups in total. The van der Waals surface area contributed by atoms with E-state index in [0.717, 1.165) is 12.8 Å². The number of imidazole rings is 1. The molecule has 0 aliphatic carbocycles. The lowest BCUT2D eigenvalue weighted by Gasteiger charge is -2.40. The van der Waals surface area contributed by atoms with Gasteiger partial charge in [0.15, 0.2) is 5.82 Å². The molecule has 0 unspecified atom stereocenters. The van der Waals surface area contributed by atoms with Crippen LogP contribution in [0.15, 0.2) is 30.3 Å². The highest BCUT2D eigenvalue weighted by Crippen LogP contribution is 2.30. The van der Waals surface area contributed by atoms with Gasteiger partial charge in [0, 0.05) is 64.6 Å². The Morgan fingerprint density at radius 2 is 1.74 bits per heavy atom. The second-order valence-corrected chi connectivity index (χ2v) is 11.2. The molecule has 0 spiro atoms. The average Bonchev–Trinajstić information content (AvgIpc) is 3.37. The number of carbonyl (C=O) groups is 2. The topological polar surface area (TPSA) is 106 Å². The highest BCUT2D eigenvalue weighted by molar-refractivity contribution is 5.78. The summed E-state index contributed by atoms with van der Waals surface area (Å²) in [6.45, 7) is 6.72. The number of para-hydroxylation sites is 2. The molecule has 5 heterocycles. The van der Waals surface area contributed by atoms with Crippen LogP contribution in [0.1, 0.15) is 38.4 Å². The van der Waals surface area contributed by atoms with Gasteiger partial charge in [-0.05, 0) is 30.9 Å². The quantitative estimate of drug-likeness (QED) is 0.399. The molecule has 1 aromatic carbocycles. The van der Waals surface area contributed by atoms with Crippen LogP contribution in [0.3, 0.4) is 0 Å². The van der Waals surface area contributed by atoms with Crippen molar-refractivity contribution >= 4 is 28.8 Å². The van der Waals surface area contributed by atoms with Crippen molar-refractivity contribution < 1.29 is 27.8 Å². The molecular weight excluding hydrogens is 548 g/mol. The molecule has 2 amide bonds. The number of amides is 2. The Morgan fingerprint density at radius 1 is 1.00 bits per heavy atom. The van der Waals surface area contributed by atoms with Crippen LogP contribution in [0.25, 0.3) is 16.9 Å². The molecule has 0 bridgehead atoms. The molecule has 3 saturated heterocycles. The molecule has 3 fully saturated rings. The highest BCUT2D eigenvalue weighted by Gasteiger charge is 2.33. The number of halogens is 2. The van der Waals surface area contributed by atoms with E-state index in [4.69, 9.17) is 9.47 Å². The number of anilines is 1. The van der Waals surface area contributed by atoms with Gasteiger partial charge in [0.2, 0.25) is 23.6 Å². The van der Waals surface area contributed by atoms with E-state index in [-0.39, 0.29) is 29.4 Å². The molecule has 3 aliphatic rings. The Morgan fingerprint density at radius 3 is 2.45 bits per heavy atom. The molecule has 3 aromatic rings. The number of alkyl halides is 2. The standard InChI is InChI=1S/C29H35F2N7O4/c1-19(39)35-8-6-20(7-9-35)14-26(40)37-16-21(17-37)18-42-25-15-24(33-29(34-25)36-10-12-41-13-11-36)38-23-5-3-2-4-22(23)32-28(38)27(30)31/h2-5,15,20-21,27H,6-14,16-18H2,1H3. The minimum Gasteiger partial charge on any atom is -0.477 e. The molecule has 224 valence electrons. The molecule has 0 atom stereocenters.